The van der Waals surface area contributed by atoms with Gasteiger partial charge in [0.2, 0.25) is 0 Å². The number of rotatable bonds is 4. The molecule has 0 aromatic carbocycles. The molecule has 0 bridgehead atoms. The maximum atomic E-state index is 12.4. The molecule has 1 aliphatic rings. The third kappa shape index (κ3) is 3.29. The summed E-state index contributed by atoms with van der Waals surface area (Å²) >= 11 is 0. The molecule has 2 N–H and O–H groups in total. The van der Waals surface area contributed by atoms with Gasteiger partial charge in [-0.15, -0.1) is 0 Å². The molecule has 7 nitrogen and oxygen atoms in total. The zero-order valence-electron chi connectivity index (χ0n) is 12.9. The van der Waals surface area contributed by atoms with Crippen LogP contribution in [-0.4, -0.2) is 51.7 Å². The van der Waals surface area contributed by atoms with E-state index in [1.54, 1.807) is 18.5 Å². The summed E-state index contributed by atoms with van der Waals surface area (Å²) in [6, 6.07) is 5.33. The minimum atomic E-state index is -0.212. The highest BCUT2D eigenvalue weighted by Crippen LogP contribution is 2.22. The summed E-state index contributed by atoms with van der Waals surface area (Å²) in [5.41, 5.74) is 1.25. The summed E-state index contributed by atoms with van der Waals surface area (Å²) in [6.45, 7) is 3.10. The Hall–Kier alpha value is -2.54. The van der Waals surface area contributed by atoms with Gasteiger partial charge in [0.05, 0.1) is 6.04 Å². The zero-order chi connectivity index (χ0) is 16.2. The number of hydrogen-bond donors (Lipinski definition) is 2. The molecular weight excluding hydrogens is 294 g/mol. The minimum absolute atomic E-state index is 0.00767. The molecule has 1 saturated heterocycles. The van der Waals surface area contributed by atoms with Gasteiger partial charge in [-0.1, -0.05) is 6.07 Å². The Balaban J connectivity index is 1.72. The lowest BCUT2D eigenvalue weighted by Crippen LogP contribution is -2.42. The second kappa shape index (κ2) is 6.70. The van der Waals surface area contributed by atoms with Crippen molar-refractivity contribution < 1.29 is 9.90 Å². The number of aliphatic hydroxyl groups excluding tert-OH is 1. The Morgan fingerprint density at radius 3 is 2.91 bits per heavy atom. The first-order valence-electron chi connectivity index (χ1n) is 7.53. The molecule has 3 heterocycles. The lowest BCUT2D eigenvalue weighted by atomic mass is 10.0. The zero-order valence-corrected chi connectivity index (χ0v) is 12.9. The lowest BCUT2D eigenvalue weighted by Gasteiger charge is -2.18. The van der Waals surface area contributed by atoms with Crippen molar-refractivity contribution in [2.75, 3.05) is 24.6 Å². The standard InChI is InChI=1S/C16H19N5O2/c1-11-3-2-5-18-15(11)16(23)20-13-8-21(7-12(13)9-22)14-4-6-17-10-19-14/h2-6,10,12-13,22H,7-9H2,1H3,(H,20,23). The van der Waals surface area contributed by atoms with E-state index in [9.17, 15) is 9.90 Å². The van der Waals surface area contributed by atoms with Gasteiger partial charge >= 0.3 is 0 Å². The van der Waals surface area contributed by atoms with Gasteiger partial charge in [0.1, 0.15) is 17.8 Å². The molecule has 0 spiro atoms. The summed E-state index contributed by atoms with van der Waals surface area (Å²) in [7, 11) is 0. The van der Waals surface area contributed by atoms with E-state index in [0.29, 0.717) is 18.8 Å². The lowest BCUT2D eigenvalue weighted by molar-refractivity contribution is 0.0916. The van der Waals surface area contributed by atoms with Gasteiger partial charge in [-0.2, -0.15) is 0 Å². The van der Waals surface area contributed by atoms with Crippen LogP contribution < -0.4 is 10.2 Å². The fourth-order valence-electron chi connectivity index (χ4n) is 2.84. The van der Waals surface area contributed by atoms with E-state index < -0.39 is 0 Å². The number of aliphatic hydroxyl groups is 1. The van der Waals surface area contributed by atoms with E-state index in [1.165, 1.54) is 6.33 Å². The normalized spacial score (nSPS) is 20.5. The summed E-state index contributed by atoms with van der Waals surface area (Å²) in [5, 5.41) is 12.6. The van der Waals surface area contributed by atoms with Crippen molar-refractivity contribution in [2.45, 2.75) is 13.0 Å². The number of aryl methyl sites for hydroxylation is 1. The second-order valence-corrected chi connectivity index (χ2v) is 5.66. The molecule has 1 fully saturated rings. The monoisotopic (exact) mass is 313 g/mol. The molecule has 23 heavy (non-hydrogen) atoms. The molecule has 1 aliphatic heterocycles. The van der Waals surface area contributed by atoms with Crippen LogP contribution in [0.5, 0.6) is 0 Å². The molecule has 1 amide bonds. The maximum Gasteiger partial charge on any atom is 0.270 e. The number of pyridine rings is 1. The van der Waals surface area contributed by atoms with E-state index in [4.69, 9.17) is 0 Å². The van der Waals surface area contributed by atoms with E-state index in [2.05, 4.69) is 20.3 Å². The van der Waals surface area contributed by atoms with Crippen LogP contribution in [0.1, 0.15) is 16.1 Å². The first-order chi connectivity index (χ1) is 11.2. The predicted octanol–water partition coefficient (Wildman–Crippen LogP) is 0.407. The highest BCUT2D eigenvalue weighted by molar-refractivity contribution is 5.93. The smallest absolute Gasteiger partial charge is 0.270 e. The molecule has 2 aromatic heterocycles. The van der Waals surface area contributed by atoms with Gasteiger partial charge in [-0.3, -0.25) is 9.78 Å². The van der Waals surface area contributed by atoms with Crippen LogP contribution in [0.3, 0.4) is 0 Å². The molecule has 2 aromatic rings. The van der Waals surface area contributed by atoms with Crippen molar-refractivity contribution in [3.05, 3.63) is 48.2 Å². The fourth-order valence-corrected chi connectivity index (χ4v) is 2.84. The molecule has 0 saturated carbocycles. The number of carbonyl (C=O) groups excluding carboxylic acids is 1. The Morgan fingerprint density at radius 1 is 1.35 bits per heavy atom. The third-order valence-corrected chi connectivity index (χ3v) is 4.11. The van der Waals surface area contributed by atoms with Crippen LogP contribution in [0.15, 0.2) is 36.9 Å². The van der Waals surface area contributed by atoms with Gasteiger partial charge in [-0.05, 0) is 24.6 Å². The van der Waals surface area contributed by atoms with Gasteiger partial charge in [0, 0.05) is 38.0 Å². The Labute approximate surface area is 134 Å². The molecule has 2 atom stereocenters. The molecule has 7 heteroatoms. The SMILES string of the molecule is Cc1cccnc1C(=O)NC1CN(c2ccncn2)CC1CO. The van der Waals surface area contributed by atoms with Gasteiger partial charge in [0.25, 0.3) is 5.91 Å². The molecule has 0 radical (unpaired) electrons. The van der Waals surface area contributed by atoms with Crippen molar-refractivity contribution in [2.24, 2.45) is 5.92 Å². The van der Waals surface area contributed by atoms with Crippen LogP contribution in [0.25, 0.3) is 0 Å². The molecule has 120 valence electrons. The molecule has 0 aliphatic carbocycles. The summed E-state index contributed by atoms with van der Waals surface area (Å²) in [6.07, 6.45) is 4.78. The topological polar surface area (TPSA) is 91.2 Å². The summed E-state index contributed by atoms with van der Waals surface area (Å²) < 4.78 is 0. The van der Waals surface area contributed by atoms with Crippen molar-refractivity contribution >= 4 is 11.7 Å². The average molecular weight is 313 g/mol. The van der Waals surface area contributed by atoms with E-state index >= 15 is 0 Å². The minimum Gasteiger partial charge on any atom is -0.396 e. The van der Waals surface area contributed by atoms with Crippen LogP contribution in [-0.2, 0) is 0 Å². The van der Waals surface area contributed by atoms with Crippen molar-refractivity contribution in [3.63, 3.8) is 0 Å². The average Bonchev–Trinajstić information content (AvgIpc) is 2.99. The number of nitrogens with zero attached hydrogens (tertiary/aromatic N) is 4. The Morgan fingerprint density at radius 2 is 2.22 bits per heavy atom. The van der Waals surface area contributed by atoms with E-state index in [0.717, 1.165) is 11.4 Å². The molecular formula is C16H19N5O2. The Bertz CT molecular complexity index is 679. The van der Waals surface area contributed by atoms with E-state index in [1.807, 2.05) is 24.0 Å². The van der Waals surface area contributed by atoms with Gasteiger partial charge in [0.15, 0.2) is 0 Å². The highest BCUT2D eigenvalue weighted by atomic mass is 16.3. The number of anilines is 1. The summed E-state index contributed by atoms with van der Waals surface area (Å²) in [4.78, 5) is 26.7. The number of aromatic nitrogens is 3. The Kier molecular flexibility index (Phi) is 4.47. The van der Waals surface area contributed by atoms with Gasteiger partial charge in [-0.25, -0.2) is 9.97 Å². The van der Waals surface area contributed by atoms with Crippen LogP contribution >= 0.6 is 0 Å². The number of hydrogen-bond acceptors (Lipinski definition) is 6. The summed E-state index contributed by atoms with van der Waals surface area (Å²) in [5.74, 6) is 0.540. The molecule has 2 unspecified atom stereocenters. The van der Waals surface area contributed by atoms with Crippen LogP contribution in [0.2, 0.25) is 0 Å². The predicted molar refractivity (Wildman–Crippen MR) is 85.0 cm³/mol. The second-order valence-electron chi connectivity index (χ2n) is 5.66. The van der Waals surface area contributed by atoms with Crippen molar-refractivity contribution in [3.8, 4) is 0 Å². The van der Waals surface area contributed by atoms with Gasteiger partial charge < -0.3 is 15.3 Å². The number of carbonyl (C=O) groups is 1. The number of nitrogens with one attached hydrogen (secondary N) is 1. The van der Waals surface area contributed by atoms with Crippen LogP contribution in [0, 0.1) is 12.8 Å². The fraction of sp³-hybridized carbons (Fsp3) is 0.375. The quantitative estimate of drug-likeness (QED) is 0.849. The maximum absolute atomic E-state index is 12.4. The first kappa shape index (κ1) is 15.4. The number of amides is 1. The highest BCUT2D eigenvalue weighted by Gasteiger charge is 2.34. The van der Waals surface area contributed by atoms with E-state index in [-0.39, 0.29) is 24.5 Å². The van der Waals surface area contributed by atoms with Crippen molar-refractivity contribution in [1.82, 2.24) is 20.3 Å². The largest absolute Gasteiger partial charge is 0.396 e. The molecule has 3 rings (SSSR count). The van der Waals surface area contributed by atoms with Crippen LogP contribution in [0.4, 0.5) is 5.82 Å². The first-order valence-corrected chi connectivity index (χ1v) is 7.53. The van der Waals surface area contributed by atoms with Crippen molar-refractivity contribution in [1.29, 1.82) is 0 Å². The third-order valence-electron chi connectivity index (χ3n) is 4.11.